The fourth-order valence-corrected chi connectivity index (χ4v) is 6.48. The maximum atomic E-state index is 13.9. The van der Waals surface area contributed by atoms with Crippen LogP contribution in [0.15, 0.2) is 65.7 Å². The largest absolute Gasteiger partial charge is 0.430 e. The number of hydrogen-bond acceptors (Lipinski definition) is 6. The summed E-state index contributed by atoms with van der Waals surface area (Å²) in [6, 6.07) is 9.17. The van der Waals surface area contributed by atoms with Gasteiger partial charge in [-0.1, -0.05) is 35.9 Å². The number of aliphatic hydroxyl groups is 2. The maximum absolute atomic E-state index is 13.9. The summed E-state index contributed by atoms with van der Waals surface area (Å²) in [5.41, 5.74) is -6.13. The van der Waals surface area contributed by atoms with Crippen LogP contribution in [0.3, 0.4) is 0 Å². The Kier molecular flexibility index (Phi) is 8.32. The van der Waals surface area contributed by atoms with E-state index < -0.39 is 58.5 Å². The van der Waals surface area contributed by atoms with E-state index in [4.69, 9.17) is 0 Å². The van der Waals surface area contributed by atoms with Gasteiger partial charge in [-0.2, -0.15) is 26.3 Å². The molecule has 15 heteroatoms. The average molecular weight is 618 g/mol. The summed E-state index contributed by atoms with van der Waals surface area (Å²) >= 11 is 0. The lowest BCUT2D eigenvalue weighted by Crippen LogP contribution is -2.54. The van der Waals surface area contributed by atoms with Gasteiger partial charge in [-0.3, -0.25) is 9.10 Å². The van der Waals surface area contributed by atoms with Crippen LogP contribution in [0.2, 0.25) is 0 Å². The van der Waals surface area contributed by atoms with Gasteiger partial charge in [0, 0.05) is 23.7 Å². The topological polar surface area (TPSA) is 120 Å². The Hall–Kier alpha value is -3.69. The van der Waals surface area contributed by atoms with Gasteiger partial charge < -0.3 is 15.5 Å². The fraction of sp³-hybridized carbons (Fsp3) is 0.333. The number of nitrogens with one attached hydrogen (secondary N) is 1. The number of anilines is 2. The van der Waals surface area contributed by atoms with Crippen LogP contribution in [0.4, 0.5) is 37.8 Å². The van der Waals surface area contributed by atoms with Crippen molar-refractivity contribution in [2.75, 3.05) is 9.62 Å². The van der Waals surface area contributed by atoms with E-state index in [2.05, 4.69) is 10.3 Å². The van der Waals surface area contributed by atoms with E-state index in [0.717, 1.165) is 15.9 Å². The molecule has 3 aromatic rings. The highest BCUT2D eigenvalue weighted by molar-refractivity contribution is 7.92. The third kappa shape index (κ3) is 5.68. The fourth-order valence-electron chi connectivity index (χ4n) is 4.76. The van der Waals surface area contributed by atoms with Gasteiger partial charge in [-0.05, 0) is 49.6 Å². The molecule has 0 spiro atoms. The number of alkyl halides is 6. The molecule has 2 heterocycles. The zero-order valence-electron chi connectivity index (χ0n) is 21.9. The number of aryl methyl sites for hydroxylation is 2. The van der Waals surface area contributed by atoms with E-state index in [1.54, 1.807) is 6.92 Å². The van der Waals surface area contributed by atoms with E-state index in [-0.39, 0.29) is 34.8 Å². The lowest BCUT2D eigenvalue weighted by molar-refractivity contribution is -0.376. The minimum absolute atomic E-state index is 0.0392. The number of carbonyl (C=O) groups excluding carboxylic acids is 1. The number of nitrogens with zero attached hydrogens (tertiary/aromatic N) is 2. The SMILES string of the molecule is Cc1ccc(S(=O)(=O)N2c3ccc(C(O)(C(F)(F)F)C(F)(F)F)cc3CC[C@H]2CC(=O)Nc2ncccc2CO)cc1. The highest BCUT2D eigenvalue weighted by atomic mass is 32.2. The molecule has 3 N–H and O–H groups in total. The van der Waals surface area contributed by atoms with E-state index in [1.165, 1.54) is 42.6 Å². The average Bonchev–Trinajstić information content (AvgIpc) is 2.91. The first-order valence-electron chi connectivity index (χ1n) is 12.5. The minimum Gasteiger partial charge on any atom is -0.392 e. The molecule has 42 heavy (non-hydrogen) atoms. The van der Waals surface area contributed by atoms with Crippen LogP contribution >= 0.6 is 0 Å². The quantitative estimate of drug-likeness (QED) is 0.330. The molecule has 1 aliphatic heterocycles. The Morgan fingerprint density at radius 2 is 1.69 bits per heavy atom. The summed E-state index contributed by atoms with van der Waals surface area (Å²) in [6.45, 7) is 1.26. The predicted octanol–water partition coefficient (Wildman–Crippen LogP) is 4.73. The minimum atomic E-state index is -6.12. The zero-order chi connectivity index (χ0) is 31.1. The molecule has 0 saturated carbocycles. The van der Waals surface area contributed by atoms with Crippen LogP contribution in [0.1, 0.15) is 35.1 Å². The highest BCUT2D eigenvalue weighted by Crippen LogP contribution is 2.51. The Morgan fingerprint density at radius 3 is 2.29 bits per heavy atom. The molecule has 2 aromatic carbocycles. The van der Waals surface area contributed by atoms with Crippen LogP contribution in [0, 0.1) is 6.92 Å². The summed E-state index contributed by atoms with van der Waals surface area (Å²) in [7, 11) is -4.49. The van der Waals surface area contributed by atoms with Gasteiger partial charge in [-0.15, -0.1) is 0 Å². The van der Waals surface area contributed by atoms with E-state index in [9.17, 15) is 49.8 Å². The number of pyridine rings is 1. The van der Waals surface area contributed by atoms with E-state index in [1.807, 2.05) is 0 Å². The van der Waals surface area contributed by atoms with Crippen molar-refractivity contribution < 1.29 is 49.8 Å². The summed E-state index contributed by atoms with van der Waals surface area (Å²) < 4.78 is 110. The molecule has 226 valence electrons. The first-order chi connectivity index (χ1) is 19.5. The predicted molar refractivity (Wildman–Crippen MR) is 139 cm³/mol. The molecular weight excluding hydrogens is 592 g/mol. The van der Waals surface area contributed by atoms with Crippen molar-refractivity contribution in [1.82, 2.24) is 4.98 Å². The second-order valence-electron chi connectivity index (χ2n) is 9.78. The number of fused-ring (bicyclic) bond motifs is 1. The molecule has 1 aliphatic rings. The third-order valence-corrected chi connectivity index (χ3v) is 8.83. The Morgan fingerprint density at radius 1 is 1.05 bits per heavy atom. The van der Waals surface area contributed by atoms with Crippen LogP contribution in [-0.4, -0.2) is 47.9 Å². The summed E-state index contributed by atoms with van der Waals surface area (Å²) in [5.74, 6) is -0.654. The number of aromatic nitrogens is 1. The molecule has 0 fully saturated rings. The molecule has 1 amide bonds. The Bertz CT molecular complexity index is 1560. The number of carbonyl (C=O) groups is 1. The number of aliphatic hydroxyl groups excluding tert-OH is 1. The molecule has 0 bridgehead atoms. The van der Waals surface area contributed by atoms with Crippen molar-refractivity contribution in [3.63, 3.8) is 0 Å². The summed E-state index contributed by atoms with van der Waals surface area (Å²) in [6.07, 6.45) is -11.7. The number of rotatable bonds is 7. The Balaban J connectivity index is 1.79. The van der Waals surface area contributed by atoms with Gasteiger partial charge >= 0.3 is 12.4 Å². The molecule has 8 nitrogen and oxygen atoms in total. The molecule has 1 aromatic heterocycles. The van der Waals surface area contributed by atoms with Crippen molar-refractivity contribution in [2.24, 2.45) is 0 Å². The number of sulfonamides is 1. The molecule has 4 rings (SSSR count). The smallest absolute Gasteiger partial charge is 0.392 e. The first kappa shape index (κ1) is 31.3. The van der Waals surface area contributed by atoms with Crippen molar-refractivity contribution in [1.29, 1.82) is 0 Å². The molecule has 0 aliphatic carbocycles. The second kappa shape index (κ2) is 11.2. The van der Waals surface area contributed by atoms with Crippen molar-refractivity contribution in [2.45, 2.75) is 61.7 Å². The third-order valence-electron chi connectivity index (χ3n) is 6.95. The monoisotopic (exact) mass is 617 g/mol. The van der Waals surface area contributed by atoms with Gasteiger partial charge in [0.25, 0.3) is 15.6 Å². The lowest BCUT2D eigenvalue weighted by atomic mass is 9.87. The Labute approximate surface area is 236 Å². The number of benzene rings is 2. The first-order valence-corrected chi connectivity index (χ1v) is 13.9. The van der Waals surface area contributed by atoms with Crippen LogP contribution in [0.5, 0.6) is 0 Å². The molecule has 0 saturated heterocycles. The normalized spacial score (nSPS) is 16.2. The number of amides is 1. The second-order valence-corrected chi connectivity index (χ2v) is 11.6. The molecule has 0 unspecified atom stereocenters. The van der Waals surface area contributed by atoms with Gasteiger partial charge in [0.1, 0.15) is 5.82 Å². The van der Waals surface area contributed by atoms with Gasteiger partial charge in [0.15, 0.2) is 0 Å². The molecular formula is C27H25F6N3O5S. The van der Waals surface area contributed by atoms with Gasteiger partial charge in [0.2, 0.25) is 5.91 Å². The van der Waals surface area contributed by atoms with Gasteiger partial charge in [-0.25, -0.2) is 13.4 Å². The van der Waals surface area contributed by atoms with Crippen LogP contribution in [0.25, 0.3) is 0 Å². The van der Waals surface area contributed by atoms with Crippen LogP contribution in [-0.2, 0) is 33.4 Å². The summed E-state index contributed by atoms with van der Waals surface area (Å²) in [4.78, 5) is 16.7. The van der Waals surface area contributed by atoms with Crippen molar-refractivity contribution in [3.8, 4) is 0 Å². The van der Waals surface area contributed by atoms with Crippen molar-refractivity contribution >= 4 is 27.4 Å². The molecule has 1 atom stereocenters. The van der Waals surface area contributed by atoms with E-state index >= 15 is 0 Å². The standard InChI is InChI=1S/C27H25F6N3O5S/c1-16-4-9-21(10-5-16)42(40,41)36-20(14-23(38)35-24-18(15-37)3-2-12-34-24)8-6-17-13-19(7-11-22(17)36)25(39,26(28,29)30)27(31,32)33/h2-5,7,9-13,20,37,39H,6,8,14-15H2,1H3,(H,34,35,38)/t20-/m0/s1. The highest BCUT2D eigenvalue weighted by Gasteiger charge is 2.71. The van der Waals surface area contributed by atoms with Gasteiger partial charge in [0.05, 0.1) is 23.2 Å². The maximum Gasteiger partial charge on any atom is 0.430 e. The zero-order valence-corrected chi connectivity index (χ0v) is 22.7. The van der Waals surface area contributed by atoms with Crippen molar-refractivity contribution in [3.05, 3.63) is 83.0 Å². The number of hydrogen-bond donors (Lipinski definition) is 3. The summed E-state index contributed by atoms with van der Waals surface area (Å²) in [5, 5.41) is 21.9. The van der Waals surface area contributed by atoms with Crippen LogP contribution < -0.4 is 9.62 Å². The molecule has 0 radical (unpaired) electrons. The number of halogens is 6. The van der Waals surface area contributed by atoms with E-state index in [0.29, 0.717) is 17.7 Å². The lowest BCUT2D eigenvalue weighted by Gasteiger charge is -2.39.